The average Bonchev–Trinajstić information content (AvgIpc) is 3.39. The molecule has 138 valence electrons. The summed E-state index contributed by atoms with van der Waals surface area (Å²) in [5, 5.41) is 0. The summed E-state index contributed by atoms with van der Waals surface area (Å²) in [5.41, 5.74) is 0. The Hall–Kier alpha value is -1.62. The highest BCUT2D eigenvalue weighted by Crippen LogP contribution is 2.10. The summed E-state index contributed by atoms with van der Waals surface area (Å²) in [6, 6.07) is 0. The Morgan fingerprint density at radius 2 is 1.58 bits per heavy atom. The van der Waals surface area contributed by atoms with Gasteiger partial charge in [0.15, 0.2) is 0 Å². The first kappa shape index (κ1) is 22.4. The van der Waals surface area contributed by atoms with Crippen molar-refractivity contribution in [3.8, 4) is 0 Å². The molecule has 1 saturated heterocycles. The lowest BCUT2D eigenvalue weighted by Crippen LogP contribution is -2.06. The number of ether oxygens (including phenoxy) is 3. The fourth-order valence-electron chi connectivity index (χ4n) is 1.81. The number of hydrogen-bond donors (Lipinski definition) is 0. The van der Waals surface area contributed by atoms with Crippen molar-refractivity contribution >= 4 is 11.9 Å². The maximum absolute atomic E-state index is 10.7. The highest BCUT2D eigenvalue weighted by molar-refractivity contribution is 5.81. The van der Waals surface area contributed by atoms with Gasteiger partial charge in [-0.2, -0.15) is 0 Å². The molecule has 24 heavy (non-hydrogen) atoms. The topological polar surface area (TPSA) is 65.1 Å². The van der Waals surface area contributed by atoms with E-state index in [1.807, 2.05) is 0 Å². The van der Waals surface area contributed by atoms with Gasteiger partial charge >= 0.3 is 11.9 Å². The van der Waals surface area contributed by atoms with Crippen LogP contribution in [0, 0.1) is 5.92 Å². The van der Waals surface area contributed by atoms with Gasteiger partial charge in [0.2, 0.25) is 0 Å². The van der Waals surface area contributed by atoms with Gasteiger partial charge in [-0.15, -0.1) is 0 Å². The molecule has 1 fully saturated rings. The molecule has 1 unspecified atom stereocenters. The van der Waals surface area contributed by atoms with Gasteiger partial charge in [-0.3, -0.25) is 0 Å². The van der Waals surface area contributed by atoms with Crippen LogP contribution in [0.5, 0.6) is 0 Å². The number of unbranched alkanes of at least 4 members (excludes halogenated alkanes) is 4. The minimum atomic E-state index is -0.384. The summed E-state index contributed by atoms with van der Waals surface area (Å²) < 4.78 is 14.3. The Morgan fingerprint density at radius 1 is 1.04 bits per heavy atom. The molecule has 1 aliphatic rings. The Balaban J connectivity index is 0.000000496. The second-order valence-electron chi connectivity index (χ2n) is 6.11. The van der Waals surface area contributed by atoms with Crippen molar-refractivity contribution in [3.63, 3.8) is 0 Å². The van der Waals surface area contributed by atoms with Crippen LogP contribution in [0.3, 0.4) is 0 Å². The van der Waals surface area contributed by atoms with Gasteiger partial charge in [0.1, 0.15) is 12.7 Å². The van der Waals surface area contributed by atoms with E-state index in [-0.39, 0.29) is 18.0 Å². The first-order chi connectivity index (χ1) is 11.5. The van der Waals surface area contributed by atoms with E-state index in [1.165, 1.54) is 31.8 Å². The number of carbonyl (C=O) groups is 2. The standard InChI is InChI=1S/C13H24O2.C6H8O3/c1-4-13(14)15-11-9-7-5-6-8-10-12(2)3;1-2-6(7)9-4-5-3-8-5/h4,12H,1,5-11H2,2-3H3;2,5H,1,3-4H2. The van der Waals surface area contributed by atoms with Gasteiger partial charge in [-0.05, 0) is 12.3 Å². The van der Waals surface area contributed by atoms with Crippen LogP contribution < -0.4 is 0 Å². The van der Waals surface area contributed by atoms with Crippen molar-refractivity contribution in [1.82, 2.24) is 0 Å². The predicted octanol–water partition coefficient (Wildman–Crippen LogP) is 3.83. The highest BCUT2D eigenvalue weighted by Gasteiger charge is 2.23. The first-order valence-electron chi connectivity index (χ1n) is 8.69. The van der Waals surface area contributed by atoms with E-state index in [0.29, 0.717) is 19.8 Å². The average molecular weight is 340 g/mol. The zero-order valence-corrected chi connectivity index (χ0v) is 15.1. The molecule has 1 rings (SSSR count). The van der Waals surface area contributed by atoms with E-state index < -0.39 is 0 Å². The third-order valence-corrected chi connectivity index (χ3v) is 3.32. The van der Waals surface area contributed by atoms with Crippen molar-refractivity contribution < 1.29 is 23.8 Å². The van der Waals surface area contributed by atoms with E-state index in [9.17, 15) is 9.59 Å². The lowest BCUT2D eigenvalue weighted by molar-refractivity contribution is -0.138. The molecule has 1 heterocycles. The van der Waals surface area contributed by atoms with Gasteiger partial charge in [0.05, 0.1) is 13.2 Å². The molecule has 0 aromatic rings. The smallest absolute Gasteiger partial charge is 0.330 e. The number of rotatable bonds is 12. The normalized spacial score (nSPS) is 15.0. The van der Waals surface area contributed by atoms with E-state index >= 15 is 0 Å². The first-order valence-corrected chi connectivity index (χ1v) is 8.69. The molecule has 5 heteroatoms. The lowest BCUT2D eigenvalue weighted by atomic mass is 10.0. The van der Waals surface area contributed by atoms with Crippen molar-refractivity contribution in [2.24, 2.45) is 5.92 Å². The molecule has 0 aliphatic carbocycles. The Labute approximate surface area is 146 Å². The van der Waals surface area contributed by atoms with Crippen LogP contribution >= 0.6 is 0 Å². The Morgan fingerprint density at radius 3 is 2.12 bits per heavy atom. The van der Waals surface area contributed by atoms with Gasteiger partial charge in [0.25, 0.3) is 0 Å². The van der Waals surface area contributed by atoms with Crippen LogP contribution in [0.25, 0.3) is 0 Å². The second kappa shape index (κ2) is 14.9. The molecule has 5 nitrogen and oxygen atoms in total. The molecule has 0 N–H and O–H groups in total. The molecule has 0 amide bonds. The molecular weight excluding hydrogens is 308 g/mol. The van der Waals surface area contributed by atoms with Crippen LogP contribution in [-0.2, 0) is 23.8 Å². The third kappa shape index (κ3) is 16.7. The molecule has 0 spiro atoms. The van der Waals surface area contributed by atoms with Crippen molar-refractivity contribution in [2.45, 2.75) is 58.5 Å². The van der Waals surface area contributed by atoms with Gasteiger partial charge < -0.3 is 14.2 Å². The summed E-state index contributed by atoms with van der Waals surface area (Å²) in [6.45, 7) is 12.7. The third-order valence-electron chi connectivity index (χ3n) is 3.32. The van der Waals surface area contributed by atoms with E-state index in [1.54, 1.807) is 0 Å². The SMILES string of the molecule is C=CC(=O)OCC1CO1.C=CC(=O)OCCCCCCCC(C)C. The van der Waals surface area contributed by atoms with Crippen LogP contribution in [0.4, 0.5) is 0 Å². The van der Waals surface area contributed by atoms with Crippen LogP contribution in [-0.4, -0.2) is 37.9 Å². The van der Waals surface area contributed by atoms with Crippen LogP contribution in [0.1, 0.15) is 52.4 Å². The number of carbonyl (C=O) groups excluding carboxylic acids is 2. The van der Waals surface area contributed by atoms with E-state index in [2.05, 4.69) is 31.7 Å². The fraction of sp³-hybridized carbons (Fsp3) is 0.684. The monoisotopic (exact) mass is 340 g/mol. The van der Waals surface area contributed by atoms with Crippen molar-refractivity contribution in [3.05, 3.63) is 25.3 Å². The summed E-state index contributed by atoms with van der Waals surface area (Å²) >= 11 is 0. The molecule has 1 atom stereocenters. The number of esters is 2. The van der Waals surface area contributed by atoms with Crippen molar-refractivity contribution in [1.29, 1.82) is 0 Å². The van der Waals surface area contributed by atoms with E-state index in [4.69, 9.17) is 9.47 Å². The summed E-state index contributed by atoms with van der Waals surface area (Å²) in [5.74, 6) is 0.124. The fourth-order valence-corrected chi connectivity index (χ4v) is 1.81. The Bertz CT molecular complexity index is 372. The van der Waals surface area contributed by atoms with Gasteiger partial charge in [-0.1, -0.05) is 59.1 Å². The van der Waals surface area contributed by atoms with Gasteiger partial charge in [-0.25, -0.2) is 9.59 Å². The zero-order chi connectivity index (χ0) is 18.2. The van der Waals surface area contributed by atoms with Crippen LogP contribution in [0.15, 0.2) is 25.3 Å². The molecule has 0 saturated carbocycles. The maximum atomic E-state index is 10.7. The number of epoxide rings is 1. The minimum Gasteiger partial charge on any atom is -0.463 e. The number of hydrogen-bond acceptors (Lipinski definition) is 5. The summed E-state index contributed by atoms with van der Waals surface area (Å²) in [6.07, 6.45) is 9.82. The molecular formula is C19H32O5. The highest BCUT2D eigenvalue weighted by atomic mass is 16.6. The molecule has 0 aromatic carbocycles. The minimum absolute atomic E-state index is 0.147. The quantitative estimate of drug-likeness (QED) is 0.234. The van der Waals surface area contributed by atoms with E-state index in [0.717, 1.165) is 24.8 Å². The van der Waals surface area contributed by atoms with Crippen LogP contribution in [0.2, 0.25) is 0 Å². The predicted molar refractivity (Wildman–Crippen MR) is 94.6 cm³/mol. The zero-order valence-electron chi connectivity index (χ0n) is 15.1. The second-order valence-corrected chi connectivity index (χ2v) is 6.11. The summed E-state index contributed by atoms with van der Waals surface area (Å²) in [4.78, 5) is 21.0. The maximum Gasteiger partial charge on any atom is 0.330 e. The van der Waals surface area contributed by atoms with Gasteiger partial charge in [0, 0.05) is 12.2 Å². The molecule has 1 aliphatic heterocycles. The molecule has 0 aromatic heterocycles. The largest absolute Gasteiger partial charge is 0.463 e. The molecule has 0 bridgehead atoms. The Kier molecular flexibility index (Phi) is 13.9. The molecule has 0 radical (unpaired) electrons. The lowest BCUT2D eigenvalue weighted by Gasteiger charge is -2.04. The summed E-state index contributed by atoms with van der Waals surface area (Å²) in [7, 11) is 0. The van der Waals surface area contributed by atoms with Crippen molar-refractivity contribution in [2.75, 3.05) is 19.8 Å².